The third-order valence-corrected chi connectivity index (χ3v) is 7.35. The summed E-state index contributed by atoms with van der Waals surface area (Å²) >= 11 is 0. The molecule has 0 aromatic carbocycles. The number of quaternary nitrogens is 1. The summed E-state index contributed by atoms with van der Waals surface area (Å²) < 4.78 is 5.93. The summed E-state index contributed by atoms with van der Waals surface area (Å²) in [6.45, 7) is 11.9. The molecule has 2 saturated heterocycles. The zero-order valence-corrected chi connectivity index (χ0v) is 16.6. The van der Waals surface area contributed by atoms with Crippen LogP contribution in [0.4, 0.5) is 0 Å². The maximum absolute atomic E-state index is 12.8. The highest BCUT2D eigenvalue weighted by Gasteiger charge is 2.55. The molecule has 2 heterocycles. The van der Waals surface area contributed by atoms with E-state index in [-0.39, 0.29) is 35.1 Å². The van der Waals surface area contributed by atoms with Gasteiger partial charge in [0.2, 0.25) is 0 Å². The number of ketones is 1. The van der Waals surface area contributed by atoms with Gasteiger partial charge in [-0.25, -0.2) is 0 Å². The minimum Gasteiger partial charge on any atom is -0.457 e. The number of fused-ring (bicyclic) bond motifs is 3. The second-order valence-electron chi connectivity index (χ2n) is 9.97. The Balaban J connectivity index is 1.57. The van der Waals surface area contributed by atoms with Crippen molar-refractivity contribution in [2.24, 2.45) is 22.7 Å². The molecule has 142 valence electrons. The van der Waals surface area contributed by atoms with Crippen molar-refractivity contribution >= 4 is 11.8 Å². The Morgan fingerprint density at radius 1 is 1.23 bits per heavy atom. The zero-order valence-electron chi connectivity index (χ0n) is 16.6. The highest BCUT2D eigenvalue weighted by Crippen LogP contribution is 2.52. The van der Waals surface area contributed by atoms with E-state index < -0.39 is 0 Å². The molecule has 2 aliphatic carbocycles. The molecule has 3 fully saturated rings. The number of hydrogen-bond acceptors (Lipinski definition) is 3. The minimum atomic E-state index is -0.197. The molecule has 4 rings (SSSR count). The number of esters is 1. The maximum Gasteiger partial charge on any atom is 0.315 e. The number of carbonyl (C=O) groups is 2. The van der Waals surface area contributed by atoms with E-state index in [1.165, 1.54) is 12.8 Å². The van der Waals surface area contributed by atoms with Crippen LogP contribution in [0.15, 0.2) is 23.3 Å². The van der Waals surface area contributed by atoms with E-state index in [2.05, 4.69) is 20.8 Å². The normalized spacial score (nSPS) is 41.7. The molecule has 1 unspecified atom stereocenters. The van der Waals surface area contributed by atoms with Gasteiger partial charge in [-0.1, -0.05) is 26.8 Å². The van der Waals surface area contributed by atoms with Crippen LogP contribution >= 0.6 is 0 Å². The van der Waals surface area contributed by atoms with Crippen molar-refractivity contribution in [2.75, 3.05) is 19.6 Å². The van der Waals surface area contributed by atoms with Crippen molar-refractivity contribution in [1.82, 2.24) is 0 Å². The molecule has 4 aliphatic rings. The van der Waals surface area contributed by atoms with Gasteiger partial charge in [0.15, 0.2) is 5.78 Å². The Kier molecular flexibility index (Phi) is 4.18. The molecular weight excluding hydrogens is 326 g/mol. The molecule has 0 spiro atoms. The van der Waals surface area contributed by atoms with Gasteiger partial charge in [-0.3, -0.25) is 9.59 Å². The first-order valence-electron chi connectivity index (χ1n) is 10.2. The molecule has 2 aliphatic heterocycles. The molecule has 0 aromatic rings. The molecule has 26 heavy (non-hydrogen) atoms. The Morgan fingerprint density at radius 3 is 2.73 bits per heavy atom. The maximum atomic E-state index is 12.8. The number of nitrogens with one attached hydrogen (secondary N) is 1. The molecule has 5 atom stereocenters. The van der Waals surface area contributed by atoms with Gasteiger partial charge >= 0.3 is 5.97 Å². The van der Waals surface area contributed by atoms with Crippen LogP contribution in [0.2, 0.25) is 0 Å². The monoisotopic (exact) mass is 358 g/mol. The van der Waals surface area contributed by atoms with E-state index in [1.807, 2.05) is 13.0 Å². The van der Waals surface area contributed by atoms with Gasteiger partial charge < -0.3 is 9.64 Å². The fraction of sp³-hybridized carbons (Fsp3) is 0.727. The van der Waals surface area contributed by atoms with Crippen LogP contribution in [0.5, 0.6) is 0 Å². The fourth-order valence-electron chi connectivity index (χ4n) is 5.96. The van der Waals surface area contributed by atoms with Gasteiger partial charge in [-0.15, -0.1) is 0 Å². The van der Waals surface area contributed by atoms with E-state index in [0.29, 0.717) is 5.41 Å². The van der Waals surface area contributed by atoms with E-state index in [0.717, 1.165) is 43.6 Å². The van der Waals surface area contributed by atoms with Gasteiger partial charge in [0, 0.05) is 22.3 Å². The quantitative estimate of drug-likeness (QED) is 0.769. The SMILES string of the molecule is CC1=C2[C@H]3OC(=O)[C@@H](C[NH+]4CCCC(C)(C)C4)[C@@H]3CC[C@@]2(C)C=CC1=O. The first-order valence-corrected chi connectivity index (χ1v) is 10.2. The summed E-state index contributed by atoms with van der Waals surface area (Å²) in [6.07, 6.45) is 8.05. The zero-order chi connectivity index (χ0) is 18.7. The molecular formula is C22H32NO3+. The standard InChI is InChI=1S/C22H31NO3/c1-14-17(24)7-10-22(4)9-6-15-16(20(25)26-19(15)18(14)22)12-23-11-5-8-21(2,3)13-23/h7,10,15-16,19H,5-6,8-9,11-13H2,1-4H3/p+1/t15-,16-,19-,22-/m0/s1. The van der Waals surface area contributed by atoms with E-state index in [1.54, 1.807) is 11.0 Å². The number of likely N-dealkylation sites (tertiary alicyclic amines) is 1. The van der Waals surface area contributed by atoms with Crippen LogP contribution in [0.1, 0.15) is 53.4 Å². The number of allylic oxidation sites excluding steroid dienone is 3. The minimum absolute atomic E-state index is 0.0187. The Morgan fingerprint density at radius 2 is 2.00 bits per heavy atom. The predicted octanol–water partition coefficient (Wildman–Crippen LogP) is 2.10. The molecule has 1 saturated carbocycles. The van der Waals surface area contributed by atoms with Crippen molar-refractivity contribution < 1.29 is 19.2 Å². The first kappa shape index (κ1) is 18.0. The second kappa shape index (κ2) is 6.05. The average Bonchev–Trinajstić information content (AvgIpc) is 2.86. The van der Waals surface area contributed by atoms with Crippen LogP contribution in [0.3, 0.4) is 0 Å². The molecule has 0 amide bonds. The molecule has 0 aromatic heterocycles. The number of carbonyl (C=O) groups excluding carboxylic acids is 2. The lowest BCUT2D eigenvalue weighted by molar-refractivity contribution is -0.914. The fourth-order valence-corrected chi connectivity index (χ4v) is 5.96. The van der Waals surface area contributed by atoms with Crippen LogP contribution in [0, 0.1) is 22.7 Å². The number of hydrogen-bond donors (Lipinski definition) is 1. The van der Waals surface area contributed by atoms with E-state index >= 15 is 0 Å². The summed E-state index contributed by atoms with van der Waals surface area (Å²) in [5.74, 6) is 0.246. The van der Waals surface area contributed by atoms with Crippen LogP contribution in [-0.2, 0) is 14.3 Å². The van der Waals surface area contributed by atoms with Gasteiger partial charge in [-0.2, -0.15) is 0 Å². The Labute approximate surface area is 156 Å². The van der Waals surface area contributed by atoms with Crippen LogP contribution in [0.25, 0.3) is 0 Å². The lowest BCUT2D eigenvalue weighted by atomic mass is 9.61. The first-order chi connectivity index (χ1) is 12.2. The number of piperidine rings is 1. The molecule has 0 bridgehead atoms. The summed E-state index contributed by atoms with van der Waals surface area (Å²) in [4.78, 5) is 26.6. The van der Waals surface area contributed by atoms with Gasteiger partial charge in [0.1, 0.15) is 12.0 Å². The van der Waals surface area contributed by atoms with Crippen molar-refractivity contribution in [3.63, 3.8) is 0 Å². The molecule has 1 N–H and O–H groups in total. The molecule has 4 heteroatoms. The predicted molar refractivity (Wildman–Crippen MR) is 99.6 cm³/mol. The lowest BCUT2D eigenvalue weighted by Gasteiger charge is -2.43. The summed E-state index contributed by atoms with van der Waals surface area (Å²) in [7, 11) is 0. The van der Waals surface area contributed by atoms with Crippen molar-refractivity contribution in [1.29, 1.82) is 0 Å². The summed E-state index contributed by atoms with van der Waals surface area (Å²) in [5, 5.41) is 0. The Bertz CT molecular complexity index is 704. The largest absolute Gasteiger partial charge is 0.457 e. The molecule has 4 nitrogen and oxygen atoms in total. The van der Waals surface area contributed by atoms with Crippen LogP contribution < -0.4 is 4.90 Å². The third-order valence-electron chi connectivity index (χ3n) is 7.35. The van der Waals surface area contributed by atoms with Gasteiger partial charge in [0.25, 0.3) is 0 Å². The van der Waals surface area contributed by atoms with Crippen molar-refractivity contribution in [3.05, 3.63) is 23.3 Å². The van der Waals surface area contributed by atoms with Crippen LogP contribution in [-0.4, -0.2) is 37.5 Å². The lowest BCUT2D eigenvalue weighted by Crippen LogP contribution is -3.15. The topological polar surface area (TPSA) is 47.8 Å². The number of ether oxygens (including phenoxy) is 1. The summed E-state index contributed by atoms with van der Waals surface area (Å²) in [5.41, 5.74) is 2.10. The third kappa shape index (κ3) is 2.87. The second-order valence-corrected chi connectivity index (χ2v) is 9.97. The van der Waals surface area contributed by atoms with Gasteiger partial charge in [-0.05, 0) is 44.3 Å². The number of rotatable bonds is 2. The van der Waals surface area contributed by atoms with Crippen molar-refractivity contribution in [3.8, 4) is 0 Å². The molecule has 0 radical (unpaired) electrons. The summed E-state index contributed by atoms with van der Waals surface area (Å²) in [6, 6.07) is 0. The van der Waals surface area contributed by atoms with Crippen molar-refractivity contribution in [2.45, 2.75) is 59.5 Å². The smallest absolute Gasteiger partial charge is 0.315 e. The Hall–Kier alpha value is -1.42. The highest BCUT2D eigenvalue weighted by molar-refractivity contribution is 6.05. The van der Waals surface area contributed by atoms with E-state index in [9.17, 15) is 9.59 Å². The van der Waals surface area contributed by atoms with Gasteiger partial charge in [0.05, 0.1) is 19.6 Å². The van der Waals surface area contributed by atoms with E-state index in [4.69, 9.17) is 4.74 Å². The average molecular weight is 359 g/mol. The highest BCUT2D eigenvalue weighted by atomic mass is 16.6.